The van der Waals surface area contributed by atoms with Gasteiger partial charge in [-0.2, -0.15) is 0 Å². The summed E-state index contributed by atoms with van der Waals surface area (Å²) in [6, 6.07) is 10.6. The molecule has 3 rings (SSSR count). The molecule has 6 nitrogen and oxygen atoms in total. The summed E-state index contributed by atoms with van der Waals surface area (Å²) in [4.78, 5) is 16.0. The minimum atomic E-state index is -0.555. The van der Waals surface area contributed by atoms with Crippen LogP contribution in [0.2, 0.25) is 0 Å². The second-order valence-electron chi connectivity index (χ2n) is 5.15. The van der Waals surface area contributed by atoms with E-state index >= 15 is 0 Å². The van der Waals surface area contributed by atoms with E-state index in [1.807, 2.05) is 35.0 Å². The fourth-order valence-electron chi connectivity index (χ4n) is 2.26. The van der Waals surface area contributed by atoms with Crippen molar-refractivity contribution in [3.05, 3.63) is 78.8 Å². The fourth-order valence-corrected chi connectivity index (χ4v) is 2.26. The lowest BCUT2D eigenvalue weighted by atomic mass is 10.2. The number of aliphatic hydroxyl groups excluding tert-OH is 1. The smallest absolute Gasteiger partial charge is 0.244 e. The minimum absolute atomic E-state index is 0.229. The highest BCUT2D eigenvalue weighted by Crippen LogP contribution is 2.13. The van der Waals surface area contributed by atoms with Crippen LogP contribution in [-0.2, 0) is 4.79 Å². The van der Waals surface area contributed by atoms with Crippen molar-refractivity contribution in [1.29, 1.82) is 0 Å². The molecule has 1 aromatic carbocycles. The first-order valence-corrected chi connectivity index (χ1v) is 7.47. The topological polar surface area (TPSA) is 80.3 Å². The summed E-state index contributed by atoms with van der Waals surface area (Å²) in [6.45, 7) is -0.229. The minimum Gasteiger partial charge on any atom is -0.467 e. The molecule has 0 radical (unpaired) electrons. The second kappa shape index (κ2) is 7.43. The predicted octanol–water partition coefficient (Wildman–Crippen LogP) is 2.33. The van der Waals surface area contributed by atoms with Gasteiger partial charge in [-0.3, -0.25) is 4.79 Å². The first kappa shape index (κ1) is 15.8. The third-order valence-corrected chi connectivity index (χ3v) is 3.51. The average molecular weight is 323 g/mol. The Bertz CT molecular complexity index is 791. The number of nitrogens with one attached hydrogen (secondary N) is 1. The van der Waals surface area contributed by atoms with E-state index in [-0.39, 0.29) is 12.5 Å². The number of hydrogen-bond acceptors (Lipinski definition) is 4. The first-order chi connectivity index (χ1) is 11.8. The largest absolute Gasteiger partial charge is 0.467 e. The molecule has 1 amide bonds. The second-order valence-corrected chi connectivity index (χ2v) is 5.15. The molecular formula is C18H17N3O3. The van der Waals surface area contributed by atoms with Gasteiger partial charge in [0, 0.05) is 24.2 Å². The van der Waals surface area contributed by atoms with Crippen LogP contribution >= 0.6 is 0 Å². The number of imidazole rings is 1. The van der Waals surface area contributed by atoms with Crippen molar-refractivity contribution in [2.75, 3.05) is 6.61 Å². The van der Waals surface area contributed by atoms with E-state index in [2.05, 4.69) is 10.3 Å². The Kier molecular flexibility index (Phi) is 4.88. The van der Waals surface area contributed by atoms with Crippen LogP contribution in [0, 0.1) is 0 Å². The Morgan fingerprint density at radius 2 is 2.17 bits per heavy atom. The third-order valence-electron chi connectivity index (χ3n) is 3.51. The molecular weight excluding hydrogens is 306 g/mol. The van der Waals surface area contributed by atoms with Gasteiger partial charge >= 0.3 is 0 Å². The van der Waals surface area contributed by atoms with Crippen LogP contribution in [0.25, 0.3) is 11.8 Å². The molecule has 0 fully saturated rings. The number of aliphatic hydroxyl groups is 1. The zero-order valence-electron chi connectivity index (χ0n) is 12.9. The standard InChI is InChI=1S/C18H17N3O3/c22-12-16(17-2-1-11-24-17)20-18(23)8-5-14-3-6-15(7-4-14)21-10-9-19-13-21/h1-11,13,16,22H,12H2,(H,20,23)/b8-5+. The molecule has 3 aromatic rings. The van der Waals surface area contributed by atoms with Crippen LogP contribution in [0.1, 0.15) is 17.4 Å². The average Bonchev–Trinajstić information content (AvgIpc) is 3.32. The van der Waals surface area contributed by atoms with E-state index in [0.717, 1.165) is 11.3 Å². The fraction of sp³-hybridized carbons (Fsp3) is 0.111. The van der Waals surface area contributed by atoms with Gasteiger partial charge in [0.15, 0.2) is 0 Å². The summed E-state index contributed by atoms with van der Waals surface area (Å²) in [5, 5.41) is 12.0. The van der Waals surface area contributed by atoms with Crippen LogP contribution in [0.4, 0.5) is 0 Å². The molecule has 1 unspecified atom stereocenters. The van der Waals surface area contributed by atoms with Crippen molar-refractivity contribution in [2.24, 2.45) is 0 Å². The van der Waals surface area contributed by atoms with E-state index in [9.17, 15) is 9.90 Å². The maximum Gasteiger partial charge on any atom is 0.244 e. The van der Waals surface area contributed by atoms with Gasteiger partial charge < -0.3 is 19.4 Å². The summed E-state index contributed by atoms with van der Waals surface area (Å²) < 4.78 is 7.09. The number of benzene rings is 1. The maximum atomic E-state index is 12.0. The van der Waals surface area contributed by atoms with Crippen molar-refractivity contribution in [2.45, 2.75) is 6.04 Å². The molecule has 6 heteroatoms. The van der Waals surface area contributed by atoms with Gasteiger partial charge in [0.2, 0.25) is 5.91 Å². The molecule has 0 spiro atoms. The molecule has 24 heavy (non-hydrogen) atoms. The summed E-state index contributed by atoms with van der Waals surface area (Å²) >= 11 is 0. The Morgan fingerprint density at radius 1 is 1.33 bits per heavy atom. The number of rotatable bonds is 6. The Morgan fingerprint density at radius 3 is 2.79 bits per heavy atom. The predicted molar refractivity (Wildman–Crippen MR) is 89.3 cm³/mol. The van der Waals surface area contributed by atoms with Crippen molar-refractivity contribution in [3.8, 4) is 5.69 Å². The van der Waals surface area contributed by atoms with Gasteiger partial charge in [0.25, 0.3) is 0 Å². The molecule has 2 heterocycles. The van der Waals surface area contributed by atoms with Crippen molar-refractivity contribution >= 4 is 12.0 Å². The normalized spacial score (nSPS) is 12.4. The van der Waals surface area contributed by atoms with E-state index in [1.165, 1.54) is 12.3 Å². The number of furan rings is 1. The van der Waals surface area contributed by atoms with E-state index in [0.29, 0.717) is 5.76 Å². The number of amides is 1. The number of carbonyl (C=O) groups is 1. The van der Waals surface area contributed by atoms with Gasteiger partial charge in [-0.05, 0) is 35.9 Å². The Hall–Kier alpha value is -3.12. The number of hydrogen-bond donors (Lipinski definition) is 2. The van der Waals surface area contributed by atoms with E-state index in [4.69, 9.17) is 4.42 Å². The summed E-state index contributed by atoms with van der Waals surface area (Å²) in [5.74, 6) is 0.216. The Labute approximate surface area is 139 Å². The quantitative estimate of drug-likeness (QED) is 0.682. The third kappa shape index (κ3) is 3.80. The zero-order valence-corrected chi connectivity index (χ0v) is 12.9. The van der Waals surface area contributed by atoms with Gasteiger partial charge in [0.05, 0.1) is 19.2 Å². The molecule has 0 aliphatic rings. The van der Waals surface area contributed by atoms with E-state index in [1.54, 1.807) is 30.7 Å². The zero-order chi connectivity index (χ0) is 16.8. The lowest BCUT2D eigenvalue weighted by molar-refractivity contribution is -0.117. The molecule has 0 saturated carbocycles. The van der Waals surface area contributed by atoms with Crippen molar-refractivity contribution in [3.63, 3.8) is 0 Å². The molecule has 0 aliphatic heterocycles. The number of aromatic nitrogens is 2. The number of carbonyl (C=O) groups excluding carboxylic acids is 1. The van der Waals surface area contributed by atoms with Crippen molar-refractivity contribution < 1.29 is 14.3 Å². The van der Waals surface area contributed by atoms with Gasteiger partial charge in [-0.1, -0.05) is 12.1 Å². The molecule has 2 aromatic heterocycles. The van der Waals surface area contributed by atoms with Crippen LogP contribution in [-0.4, -0.2) is 27.2 Å². The summed E-state index contributed by atoms with van der Waals surface area (Å²) in [6.07, 6.45) is 9.95. The molecule has 2 N–H and O–H groups in total. The highest BCUT2D eigenvalue weighted by Gasteiger charge is 2.14. The van der Waals surface area contributed by atoms with Gasteiger partial charge in [-0.25, -0.2) is 4.98 Å². The molecule has 0 aliphatic carbocycles. The van der Waals surface area contributed by atoms with Crippen LogP contribution in [0.5, 0.6) is 0 Å². The first-order valence-electron chi connectivity index (χ1n) is 7.47. The van der Waals surface area contributed by atoms with Gasteiger partial charge in [-0.15, -0.1) is 0 Å². The molecule has 0 saturated heterocycles. The van der Waals surface area contributed by atoms with Crippen LogP contribution < -0.4 is 5.32 Å². The van der Waals surface area contributed by atoms with E-state index < -0.39 is 6.04 Å². The van der Waals surface area contributed by atoms with Crippen LogP contribution in [0.3, 0.4) is 0 Å². The number of nitrogens with zero attached hydrogens (tertiary/aromatic N) is 2. The Balaban J connectivity index is 1.61. The lowest BCUT2D eigenvalue weighted by Crippen LogP contribution is -2.28. The lowest BCUT2D eigenvalue weighted by Gasteiger charge is -2.12. The maximum absolute atomic E-state index is 12.0. The summed E-state index contributed by atoms with van der Waals surface area (Å²) in [7, 11) is 0. The molecule has 0 bridgehead atoms. The van der Waals surface area contributed by atoms with Gasteiger partial charge in [0.1, 0.15) is 11.8 Å². The van der Waals surface area contributed by atoms with Crippen LogP contribution in [0.15, 0.2) is 71.9 Å². The SMILES string of the molecule is O=C(/C=C/c1ccc(-n2ccnc2)cc1)NC(CO)c1ccco1. The molecule has 122 valence electrons. The summed E-state index contributed by atoms with van der Waals surface area (Å²) in [5.41, 5.74) is 1.89. The monoisotopic (exact) mass is 323 g/mol. The van der Waals surface area contributed by atoms with Crippen molar-refractivity contribution in [1.82, 2.24) is 14.9 Å². The molecule has 1 atom stereocenters. The highest BCUT2D eigenvalue weighted by molar-refractivity contribution is 5.92. The highest BCUT2D eigenvalue weighted by atomic mass is 16.3.